The third kappa shape index (κ3) is 0.649. The second-order valence-electron chi connectivity index (χ2n) is 2.27. The Balaban J connectivity index is 2.90. The van der Waals surface area contributed by atoms with Gasteiger partial charge in [-0.05, 0) is 0 Å². The molecule has 0 radical (unpaired) electrons. The number of aromatic nitrogens is 2. The van der Waals surface area contributed by atoms with E-state index in [0.29, 0.717) is 16.8 Å². The van der Waals surface area contributed by atoms with Gasteiger partial charge in [-0.15, -0.1) is 0 Å². The maximum absolute atomic E-state index is 8.57. The highest BCUT2D eigenvalue weighted by atomic mass is 16.3. The van der Waals surface area contributed by atoms with Crippen LogP contribution in [0.15, 0.2) is 17.0 Å². The molecule has 0 fully saturated rings. The normalized spacial score (nSPS) is 10.2. The van der Waals surface area contributed by atoms with Crippen molar-refractivity contribution in [2.24, 2.45) is 7.05 Å². The average molecular weight is 147 g/mol. The molecule has 0 atom stereocenters. The van der Waals surface area contributed by atoms with Crippen LogP contribution in [-0.4, -0.2) is 9.55 Å². The summed E-state index contributed by atoms with van der Waals surface area (Å²) < 4.78 is 6.82. The van der Waals surface area contributed by atoms with Crippen molar-refractivity contribution in [1.82, 2.24) is 9.55 Å². The van der Waals surface area contributed by atoms with Gasteiger partial charge in [0.05, 0.1) is 6.33 Å². The van der Waals surface area contributed by atoms with Crippen molar-refractivity contribution >= 4 is 11.2 Å². The Labute approximate surface area is 62.7 Å². The lowest BCUT2D eigenvalue weighted by molar-refractivity contribution is 0.583. The second kappa shape index (κ2) is 1.86. The molecule has 0 aromatic carbocycles. The highest BCUT2D eigenvalue weighted by molar-refractivity contribution is 5.76. The summed E-state index contributed by atoms with van der Waals surface area (Å²) in [6.45, 7) is 0. The third-order valence-electron chi connectivity index (χ3n) is 1.55. The molecule has 4 heteroatoms. The Morgan fingerprint density at radius 2 is 2.55 bits per heavy atom. The third-order valence-corrected chi connectivity index (χ3v) is 1.55. The number of furan rings is 1. The van der Waals surface area contributed by atoms with E-state index >= 15 is 0 Å². The summed E-state index contributed by atoms with van der Waals surface area (Å²) in [6, 6.07) is 1.99. The average Bonchev–Trinajstić information content (AvgIpc) is 2.53. The SMILES string of the molecule is Cn1cnc2c(C#N)coc21. The van der Waals surface area contributed by atoms with Crippen LogP contribution in [0.1, 0.15) is 5.56 Å². The molecule has 11 heavy (non-hydrogen) atoms. The summed E-state index contributed by atoms with van der Waals surface area (Å²) in [5, 5.41) is 8.57. The molecule has 0 aliphatic heterocycles. The number of nitrogens with zero attached hydrogens (tertiary/aromatic N) is 3. The molecular weight excluding hydrogens is 142 g/mol. The molecule has 0 spiro atoms. The zero-order chi connectivity index (χ0) is 7.84. The van der Waals surface area contributed by atoms with Crippen LogP contribution in [0, 0.1) is 11.3 Å². The van der Waals surface area contributed by atoms with Gasteiger partial charge in [-0.3, -0.25) is 0 Å². The second-order valence-corrected chi connectivity index (χ2v) is 2.27. The quantitative estimate of drug-likeness (QED) is 0.559. The molecule has 0 saturated carbocycles. The van der Waals surface area contributed by atoms with Crippen LogP contribution in [0.25, 0.3) is 11.2 Å². The molecule has 2 rings (SSSR count). The number of aryl methyl sites for hydroxylation is 1. The fraction of sp³-hybridized carbons (Fsp3) is 0.143. The van der Waals surface area contributed by atoms with Crippen molar-refractivity contribution in [3.63, 3.8) is 0 Å². The molecule has 0 aliphatic carbocycles. The van der Waals surface area contributed by atoms with E-state index in [9.17, 15) is 0 Å². The largest absolute Gasteiger partial charge is 0.445 e. The van der Waals surface area contributed by atoms with Gasteiger partial charge in [0.15, 0.2) is 0 Å². The highest BCUT2D eigenvalue weighted by Crippen LogP contribution is 2.17. The lowest BCUT2D eigenvalue weighted by Crippen LogP contribution is -1.79. The van der Waals surface area contributed by atoms with E-state index in [1.165, 1.54) is 6.26 Å². The van der Waals surface area contributed by atoms with Crippen molar-refractivity contribution in [2.75, 3.05) is 0 Å². The van der Waals surface area contributed by atoms with Crippen LogP contribution < -0.4 is 0 Å². The van der Waals surface area contributed by atoms with Gasteiger partial charge in [0, 0.05) is 7.05 Å². The Kier molecular flexibility index (Phi) is 1.01. The fourth-order valence-corrected chi connectivity index (χ4v) is 0.993. The molecule has 0 saturated heterocycles. The predicted octanol–water partition coefficient (Wildman–Crippen LogP) is 1.04. The lowest BCUT2D eigenvalue weighted by Gasteiger charge is -1.82. The number of hydrogen-bond donors (Lipinski definition) is 0. The lowest BCUT2D eigenvalue weighted by atomic mass is 10.3. The Bertz CT molecular complexity index is 432. The minimum atomic E-state index is 0.487. The summed E-state index contributed by atoms with van der Waals surface area (Å²) in [5.41, 5.74) is 1.76. The van der Waals surface area contributed by atoms with Crippen molar-refractivity contribution in [3.05, 3.63) is 18.2 Å². The number of nitriles is 1. The molecule has 2 aromatic rings. The van der Waals surface area contributed by atoms with E-state index in [2.05, 4.69) is 4.98 Å². The van der Waals surface area contributed by atoms with Gasteiger partial charge < -0.3 is 8.98 Å². The first-order valence-corrected chi connectivity index (χ1v) is 3.11. The van der Waals surface area contributed by atoms with Crippen molar-refractivity contribution < 1.29 is 4.42 Å². The fourth-order valence-electron chi connectivity index (χ4n) is 0.993. The predicted molar refractivity (Wildman–Crippen MR) is 37.7 cm³/mol. The van der Waals surface area contributed by atoms with E-state index in [-0.39, 0.29) is 0 Å². The monoisotopic (exact) mass is 147 g/mol. The van der Waals surface area contributed by atoms with E-state index in [4.69, 9.17) is 9.68 Å². The van der Waals surface area contributed by atoms with E-state index in [0.717, 1.165) is 0 Å². The van der Waals surface area contributed by atoms with Crippen molar-refractivity contribution in [1.29, 1.82) is 5.26 Å². The highest BCUT2D eigenvalue weighted by Gasteiger charge is 2.08. The smallest absolute Gasteiger partial charge is 0.227 e. The molecule has 2 aromatic heterocycles. The van der Waals surface area contributed by atoms with Gasteiger partial charge in [-0.1, -0.05) is 0 Å². The Morgan fingerprint density at radius 1 is 1.73 bits per heavy atom. The molecular formula is C7H5N3O. The van der Waals surface area contributed by atoms with Crippen LogP contribution in [0.2, 0.25) is 0 Å². The molecule has 0 aliphatic rings. The summed E-state index contributed by atoms with van der Waals surface area (Å²) in [4.78, 5) is 4.00. The molecule has 0 N–H and O–H groups in total. The minimum Gasteiger partial charge on any atom is -0.445 e. The zero-order valence-electron chi connectivity index (χ0n) is 5.90. The Hall–Kier alpha value is -1.76. The number of imidazole rings is 1. The van der Waals surface area contributed by atoms with Gasteiger partial charge in [-0.25, -0.2) is 4.98 Å². The van der Waals surface area contributed by atoms with Gasteiger partial charge in [0.2, 0.25) is 5.71 Å². The first kappa shape index (κ1) is 5.98. The topological polar surface area (TPSA) is 54.8 Å². The summed E-state index contributed by atoms with van der Waals surface area (Å²) >= 11 is 0. The Morgan fingerprint density at radius 3 is 3.27 bits per heavy atom. The number of hydrogen-bond acceptors (Lipinski definition) is 3. The van der Waals surface area contributed by atoms with E-state index in [1.807, 2.05) is 13.1 Å². The van der Waals surface area contributed by atoms with Crippen LogP contribution in [-0.2, 0) is 7.05 Å². The van der Waals surface area contributed by atoms with Crippen molar-refractivity contribution in [3.8, 4) is 6.07 Å². The maximum atomic E-state index is 8.57. The van der Waals surface area contributed by atoms with Crippen LogP contribution >= 0.6 is 0 Å². The van der Waals surface area contributed by atoms with Gasteiger partial charge >= 0.3 is 0 Å². The standard InChI is InChI=1S/C7H5N3O/c1-10-4-9-6-5(2-8)3-11-7(6)10/h3-4H,1H3. The van der Waals surface area contributed by atoms with Crippen LogP contribution in [0.5, 0.6) is 0 Å². The summed E-state index contributed by atoms with van der Waals surface area (Å²) in [5.74, 6) is 0. The molecule has 2 heterocycles. The molecule has 4 nitrogen and oxygen atoms in total. The van der Waals surface area contributed by atoms with Crippen LogP contribution in [0.4, 0.5) is 0 Å². The van der Waals surface area contributed by atoms with E-state index in [1.54, 1.807) is 10.9 Å². The minimum absolute atomic E-state index is 0.487. The first-order chi connectivity index (χ1) is 5.33. The molecule has 0 unspecified atom stereocenters. The number of fused-ring (bicyclic) bond motifs is 1. The summed E-state index contributed by atoms with van der Waals surface area (Å²) in [7, 11) is 1.82. The van der Waals surface area contributed by atoms with Crippen LogP contribution in [0.3, 0.4) is 0 Å². The maximum Gasteiger partial charge on any atom is 0.227 e. The van der Waals surface area contributed by atoms with Gasteiger partial charge in [0.1, 0.15) is 23.4 Å². The van der Waals surface area contributed by atoms with Crippen molar-refractivity contribution in [2.45, 2.75) is 0 Å². The molecule has 54 valence electrons. The van der Waals surface area contributed by atoms with E-state index < -0.39 is 0 Å². The van der Waals surface area contributed by atoms with Gasteiger partial charge in [0.25, 0.3) is 0 Å². The summed E-state index contributed by atoms with van der Waals surface area (Å²) in [6.07, 6.45) is 3.03. The van der Waals surface area contributed by atoms with Gasteiger partial charge in [-0.2, -0.15) is 5.26 Å². The molecule has 0 bridgehead atoms. The zero-order valence-corrected chi connectivity index (χ0v) is 5.90. The first-order valence-electron chi connectivity index (χ1n) is 3.11. The number of rotatable bonds is 0. The molecule has 0 amide bonds.